The molecule has 0 aliphatic heterocycles. The third kappa shape index (κ3) is 7.75. The first kappa shape index (κ1) is 23.2. The fourth-order valence-corrected chi connectivity index (χ4v) is 3.60. The van der Waals surface area contributed by atoms with Crippen LogP contribution in [0, 0.1) is 11.3 Å². The average molecular weight is 365 g/mol. The predicted octanol–water partition coefficient (Wildman–Crippen LogP) is 8.68. The van der Waals surface area contributed by atoms with Crippen LogP contribution in [0.4, 0.5) is 0 Å². The maximum absolute atomic E-state index is 4.02. The van der Waals surface area contributed by atoms with Crippen LogP contribution < -0.4 is 0 Å². The topological polar surface area (TPSA) is 0 Å². The molecule has 148 valence electrons. The maximum atomic E-state index is 4.02. The molecule has 0 bridgehead atoms. The standard InChI is InChI=1S/C24H32.C3H8/c1-18(2)22-11-7-10-21(13-14-22)17-19(3)12-15-23-20(4)9-8-16-24(23,5)6;1-3-2/h7,10-15,17,21H,1,8-9,16H2,2-6H3;3H2,1-2H3/b15-12+,19-17-;. The second-order valence-corrected chi connectivity index (χ2v) is 8.61. The Hall–Kier alpha value is -1.82. The van der Waals surface area contributed by atoms with Crippen LogP contribution in [-0.2, 0) is 0 Å². The van der Waals surface area contributed by atoms with E-state index in [0.717, 1.165) is 5.57 Å². The van der Waals surface area contributed by atoms with Gasteiger partial charge in [-0.1, -0.05) is 106 Å². The number of allylic oxidation sites excluding steroid dienone is 13. The molecular weight excluding hydrogens is 324 g/mol. The molecule has 2 aliphatic carbocycles. The molecule has 0 heteroatoms. The molecule has 1 unspecified atom stereocenters. The van der Waals surface area contributed by atoms with E-state index in [0.29, 0.717) is 11.3 Å². The third-order valence-corrected chi connectivity index (χ3v) is 5.11. The molecule has 0 nitrogen and oxygen atoms in total. The minimum atomic E-state index is 0.307. The summed E-state index contributed by atoms with van der Waals surface area (Å²) < 4.78 is 0. The fraction of sp³-hybridized carbons (Fsp3) is 0.481. The zero-order chi connectivity index (χ0) is 20.4. The molecule has 0 saturated heterocycles. The number of hydrogen-bond donors (Lipinski definition) is 0. The van der Waals surface area contributed by atoms with E-state index in [4.69, 9.17) is 0 Å². The Labute approximate surface area is 168 Å². The Balaban J connectivity index is 0.00000114. The largest absolute Gasteiger partial charge is 0.0955 e. The van der Waals surface area contributed by atoms with Gasteiger partial charge in [-0.25, -0.2) is 0 Å². The van der Waals surface area contributed by atoms with Crippen molar-refractivity contribution >= 4 is 0 Å². The highest BCUT2D eigenvalue weighted by molar-refractivity contribution is 5.43. The van der Waals surface area contributed by atoms with Crippen molar-refractivity contribution in [3.8, 4) is 0 Å². The molecule has 0 aromatic rings. The van der Waals surface area contributed by atoms with E-state index < -0.39 is 0 Å². The van der Waals surface area contributed by atoms with E-state index in [-0.39, 0.29) is 0 Å². The SMILES string of the molecule is C=C(C)C1=CC=CC(/C=C(C)\C=C\C2=C(C)CCCC2(C)C)C=C1.CCC. The first-order valence-corrected chi connectivity index (χ1v) is 10.5. The summed E-state index contributed by atoms with van der Waals surface area (Å²) in [4.78, 5) is 0. The minimum Gasteiger partial charge on any atom is -0.0955 e. The van der Waals surface area contributed by atoms with Crippen molar-refractivity contribution in [2.75, 3.05) is 0 Å². The van der Waals surface area contributed by atoms with Crippen molar-refractivity contribution in [1.82, 2.24) is 0 Å². The summed E-state index contributed by atoms with van der Waals surface area (Å²) >= 11 is 0. The Kier molecular flexibility index (Phi) is 9.56. The highest BCUT2D eigenvalue weighted by atomic mass is 14.3. The molecule has 0 amide bonds. The molecular formula is C27H40. The van der Waals surface area contributed by atoms with Crippen LogP contribution in [-0.4, -0.2) is 0 Å². The molecule has 0 fully saturated rings. The molecule has 0 radical (unpaired) electrons. The summed E-state index contributed by atoms with van der Waals surface area (Å²) in [5.74, 6) is 0.345. The molecule has 0 aromatic heterocycles. The van der Waals surface area contributed by atoms with Gasteiger partial charge in [0.15, 0.2) is 0 Å². The smallest absolute Gasteiger partial charge is 0.0139 e. The third-order valence-electron chi connectivity index (χ3n) is 5.11. The fourth-order valence-electron chi connectivity index (χ4n) is 3.60. The predicted molar refractivity (Wildman–Crippen MR) is 124 cm³/mol. The van der Waals surface area contributed by atoms with Gasteiger partial charge < -0.3 is 0 Å². The van der Waals surface area contributed by atoms with Gasteiger partial charge in [0.05, 0.1) is 0 Å². The first-order valence-electron chi connectivity index (χ1n) is 10.5. The van der Waals surface area contributed by atoms with Gasteiger partial charge in [0, 0.05) is 5.92 Å². The Morgan fingerprint density at radius 1 is 1.22 bits per heavy atom. The molecule has 0 spiro atoms. The van der Waals surface area contributed by atoms with Crippen LogP contribution in [0.15, 0.2) is 83.1 Å². The van der Waals surface area contributed by atoms with Gasteiger partial charge in [-0.3, -0.25) is 0 Å². The van der Waals surface area contributed by atoms with Crippen LogP contribution in [0.2, 0.25) is 0 Å². The monoisotopic (exact) mass is 364 g/mol. The lowest BCUT2D eigenvalue weighted by Crippen LogP contribution is -2.19. The van der Waals surface area contributed by atoms with Crippen LogP contribution >= 0.6 is 0 Å². The number of hydrogen-bond acceptors (Lipinski definition) is 0. The van der Waals surface area contributed by atoms with Gasteiger partial charge in [0.2, 0.25) is 0 Å². The first-order chi connectivity index (χ1) is 12.7. The molecule has 2 aliphatic rings. The molecule has 0 aromatic carbocycles. The Morgan fingerprint density at radius 3 is 2.48 bits per heavy atom. The molecule has 1 atom stereocenters. The van der Waals surface area contributed by atoms with Crippen molar-refractivity contribution < 1.29 is 0 Å². The highest BCUT2D eigenvalue weighted by Crippen LogP contribution is 2.40. The van der Waals surface area contributed by atoms with Crippen molar-refractivity contribution in [2.24, 2.45) is 11.3 Å². The van der Waals surface area contributed by atoms with Crippen LogP contribution in [0.3, 0.4) is 0 Å². The normalized spacial score (nSPS) is 22.3. The zero-order valence-corrected chi connectivity index (χ0v) is 18.7. The quantitative estimate of drug-likeness (QED) is 0.438. The van der Waals surface area contributed by atoms with Crippen molar-refractivity contribution in [3.05, 3.63) is 83.1 Å². The number of rotatable bonds is 4. The second-order valence-electron chi connectivity index (χ2n) is 8.61. The van der Waals surface area contributed by atoms with Crippen molar-refractivity contribution in [1.29, 1.82) is 0 Å². The van der Waals surface area contributed by atoms with E-state index in [2.05, 4.69) is 104 Å². The van der Waals surface area contributed by atoms with Crippen LogP contribution in [0.1, 0.15) is 74.1 Å². The molecule has 0 N–H and O–H groups in total. The summed E-state index contributed by atoms with van der Waals surface area (Å²) in [5.41, 5.74) is 7.02. The van der Waals surface area contributed by atoms with Gasteiger partial charge in [-0.15, -0.1) is 0 Å². The van der Waals surface area contributed by atoms with E-state index in [1.165, 1.54) is 42.4 Å². The summed E-state index contributed by atoms with van der Waals surface area (Å²) in [6.45, 7) is 19.6. The average Bonchev–Trinajstić information content (AvgIpc) is 2.80. The molecule has 27 heavy (non-hydrogen) atoms. The van der Waals surface area contributed by atoms with Crippen LogP contribution in [0.5, 0.6) is 0 Å². The molecule has 2 rings (SSSR count). The van der Waals surface area contributed by atoms with Crippen molar-refractivity contribution in [3.63, 3.8) is 0 Å². The van der Waals surface area contributed by atoms with Gasteiger partial charge >= 0.3 is 0 Å². The highest BCUT2D eigenvalue weighted by Gasteiger charge is 2.26. The summed E-state index contributed by atoms with van der Waals surface area (Å²) in [6.07, 6.45) is 23.0. The van der Waals surface area contributed by atoms with Crippen LogP contribution in [0.25, 0.3) is 0 Å². The maximum Gasteiger partial charge on any atom is 0.0139 e. The second kappa shape index (κ2) is 11.1. The lowest BCUT2D eigenvalue weighted by Gasteiger charge is -2.33. The summed E-state index contributed by atoms with van der Waals surface area (Å²) in [6, 6.07) is 0. The van der Waals surface area contributed by atoms with E-state index in [1.54, 1.807) is 5.57 Å². The van der Waals surface area contributed by atoms with E-state index in [9.17, 15) is 0 Å². The van der Waals surface area contributed by atoms with Gasteiger partial charge in [0.25, 0.3) is 0 Å². The Bertz CT molecular complexity index is 684. The lowest BCUT2D eigenvalue weighted by molar-refractivity contribution is 0.377. The van der Waals surface area contributed by atoms with E-state index in [1.807, 2.05) is 0 Å². The molecule has 0 heterocycles. The zero-order valence-electron chi connectivity index (χ0n) is 18.7. The van der Waals surface area contributed by atoms with Gasteiger partial charge in [-0.05, 0) is 56.6 Å². The minimum absolute atomic E-state index is 0.307. The Morgan fingerprint density at radius 2 is 1.89 bits per heavy atom. The summed E-state index contributed by atoms with van der Waals surface area (Å²) in [7, 11) is 0. The molecule has 0 saturated carbocycles. The summed E-state index contributed by atoms with van der Waals surface area (Å²) in [5, 5.41) is 0. The lowest BCUT2D eigenvalue weighted by atomic mass is 9.72. The van der Waals surface area contributed by atoms with E-state index >= 15 is 0 Å². The van der Waals surface area contributed by atoms with Gasteiger partial charge in [-0.2, -0.15) is 0 Å². The van der Waals surface area contributed by atoms with Gasteiger partial charge in [0.1, 0.15) is 0 Å². The van der Waals surface area contributed by atoms with Crippen molar-refractivity contribution in [2.45, 2.75) is 74.1 Å².